The molecule has 4 nitrogen and oxygen atoms in total. The van der Waals surface area contributed by atoms with E-state index < -0.39 is 0 Å². The van der Waals surface area contributed by atoms with Crippen LogP contribution in [0.3, 0.4) is 0 Å². The SMILES string of the molecule is CC(C)[C@@H]1NC(=O)[C@H](C)N(C)C1=O. The van der Waals surface area contributed by atoms with Gasteiger partial charge >= 0.3 is 0 Å². The highest BCUT2D eigenvalue weighted by molar-refractivity contribution is 5.96. The van der Waals surface area contributed by atoms with E-state index in [2.05, 4.69) is 5.32 Å². The zero-order chi connectivity index (χ0) is 10.2. The van der Waals surface area contributed by atoms with Crippen LogP contribution in [0.15, 0.2) is 0 Å². The number of hydrogen-bond donors (Lipinski definition) is 1. The first-order valence-corrected chi connectivity index (χ1v) is 4.52. The predicted molar refractivity (Wildman–Crippen MR) is 49.0 cm³/mol. The molecule has 0 spiro atoms. The van der Waals surface area contributed by atoms with Gasteiger partial charge in [0.05, 0.1) is 0 Å². The van der Waals surface area contributed by atoms with Crippen LogP contribution in [0, 0.1) is 5.92 Å². The second-order valence-electron chi connectivity index (χ2n) is 3.86. The summed E-state index contributed by atoms with van der Waals surface area (Å²) in [6.07, 6.45) is 0. The molecule has 1 heterocycles. The fraction of sp³-hybridized carbons (Fsp3) is 0.778. The van der Waals surface area contributed by atoms with E-state index in [4.69, 9.17) is 0 Å². The van der Waals surface area contributed by atoms with Crippen LogP contribution in [0.5, 0.6) is 0 Å². The molecule has 2 atom stereocenters. The number of likely N-dealkylation sites (N-methyl/N-ethyl adjacent to an activating group) is 1. The van der Waals surface area contributed by atoms with Gasteiger partial charge in [-0.15, -0.1) is 0 Å². The molecule has 1 aliphatic rings. The third-order valence-corrected chi connectivity index (χ3v) is 2.54. The van der Waals surface area contributed by atoms with Crippen molar-refractivity contribution in [1.29, 1.82) is 0 Å². The Labute approximate surface area is 78.3 Å². The Kier molecular flexibility index (Phi) is 2.59. The summed E-state index contributed by atoms with van der Waals surface area (Å²) in [4.78, 5) is 24.5. The van der Waals surface area contributed by atoms with Gasteiger partial charge in [-0.1, -0.05) is 13.8 Å². The zero-order valence-electron chi connectivity index (χ0n) is 8.50. The van der Waals surface area contributed by atoms with Crippen LogP contribution in [-0.2, 0) is 9.59 Å². The van der Waals surface area contributed by atoms with Gasteiger partial charge in [0.1, 0.15) is 12.1 Å². The van der Waals surface area contributed by atoms with Gasteiger partial charge in [-0.3, -0.25) is 9.59 Å². The van der Waals surface area contributed by atoms with Crippen molar-refractivity contribution < 1.29 is 9.59 Å². The highest BCUT2D eigenvalue weighted by Gasteiger charge is 2.36. The molecule has 1 N–H and O–H groups in total. The predicted octanol–water partition coefficient (Wildman–Crippen LogP) is -0.0123. The number of carbonyl (C=O) groups is 2. The summed E-state index contributed by atoms with van der Waals surface area (Å²) in [6, 6.07) is -0.698. The molecule has 0 bridgehead atoms. The fourth-order valence-corrected chi connectivity index (χ4v) is 1.37. The molecule has 0 radical (unpaired) electrons. The number of nitrogens with one attached hydrogen (secondary N) is 1. The summed E-state index contributed by atoms with van der Waals surface area (Å²) in [5.41, 5.74) is 0. The minimum atomic E-state index is -0.353. The lowest BCUT2D eigenvalue weighted by molar-refractivity contribution is -0.148. The Balaban J connectivity index is 2.82. The van der Waals surface area contributed by atoms with Crippen LogP contribution >= 0.6 is 0 Å². The highest BCUT2D eigenvalue weighted by Crippen LogP contribution is 2.12. The minimum absolute atomic E-state index is 0.00194. The molecule has 13 heavy (non-hydrogen) atoms. The van der Waals surface area contributed by atoms with Crippen molar-refractivity contribution in [1.82, 2.24) is 10.2 Å². The smallest absolute Gasteiger partial charge is 0.245 e. The lowest BCUT2D eigenvalue weighted by Crippen LogP contribution is -2.62. The molecular weight excluding hydrogens is 168 g/mol. The van der Waals surface area contributed by atoms with Gasteiger partial charge in [0.2, 0.25) is 11.8 Å². The number of nitrogens with zero attached hydrogens (tertiary/aromatic N) is 1. The third-order valence-electron chi connectivity index (χ3n) is 2.54. The van der Waals surface area contributed by atoms with Gasteiger partial charge in [0.15, 0.2) is 0 Å². The van der Waals surface area contributed by atoms with Crippen LogP contribution in [0.25, 0.3) is 0 Å². The molecule has 4 heteroatoms. The molecule has 0 aromatic rings. The van der Waals surface area contributed by atoms with E-state index in [0.717, 1.165) is 0 Å². The molecule has 0 aliphatic carbocycles. The lowest BCUT2D eigenvalue weighted by Gasteiger charge is -2.36. The second kappa shape index (κ2) is 3.36. The van der Waals surface area contributed by atoms with Gasteiger partial charge < -0.3 is 10.2 Å². The third kappa shape index (κ3) is 1.66. The maximum atomic E-state index is 11.6. The zero-order valence-corrected chi connectivity index (χ0v) is 8.50. The Morgan fingerprint density at radius 1 is 1.38 bits per heavy atom. The van der Waals surface area contributed by atoms with Gasteiger partial charge in [0, 0.05) is 7.05 Å². The van der Waals surface area contributed by atoms with E-state index in [1.807, 2.05) is 13.8 Å². The standard InChI is InChI=1S/C9H16N2O2/c1-5(2)7-9(13)11(4)6(3)8(12)10-7/h5-7H,1-4H3,(H,10,12)/t6-,7-/m0/s1. The van der Waals surface area contributed by atoms with Crippen molar-refractivity contribution in [2.24, 2.45) is 5.92 Å². The molecule has 74 valence electrons. The first-order valence-electron chi connectivity index (χ1n) is 4.52. The van der Waals surface area contributed by atoms with Crippen LogP contribution in [0.4, 0.5) is 0 Å². The van der Waals surface area contributed by atoms with E-state index >= 15 is 0 Å². The summed E-state index contributed by atoms with van der Waals surface area (Å²) in [5, 5.41) is 2.72. The number of hydrogen-bond acceptors (Lipinski definition) is 2. The molecule has 1 rings (SSSR count). The van der Waals surface area contributed by atoms with Crippen LogP contribution in [0.1, 0.15) is 20.8 Å². The molecule has 1 fully saturated rings. The monoisotopic (exact) mass is 184 g/mol. The quantitative estimate of drug-likeness (QED) is 0.623. The largest absolute Gasteiger partial charge is 0.342 e. The first-order chi connectivity index (χ1) is 5.95. The van der Waals surface area contributed by atoms with E-state index in [1.54, 1.807) is 14.0 Å². The molecule has 0 unspecified atom stereocenters. The fourth-order valence-electron chi connectivity index (χ4n) is 1.37. The van der Waals surface area contributed by atoms with Gasteiger partial charge in [0.25, 0.3) is 0 Å². The summed E-state index contributed by atoms with van der Waals surface area (Å²) < 4.78 is 0. The molecular formula is C9H16N2O2. The molecule has 1 aliphatic heterocycles. The summed E-state index contributed by atoms with van der Waals surface area (Å²) in [6.45, 7) is 5.57. The Hall–Kier alpha value is -1.06. The normalized spacial score (nSPS) is 29.5. The number of amides is 2. The van der Waals surface area contributed by atoms with Gasteiger partial charge in [-0.05, 0) is 12.8 Å². The van der Waals surface area contributed by atoms with Crippen LogP contribution in [0.2, 0.25) is 0 Å². The topological polar surface area (TPSA) is 49.4 Å². The van der Waals surface area contributed by atoms with Crippen molar-refractivity contribution in [2.75, 3.05) is 7.05 Å². The molecule has 0 aromatic heterocycles. The number of piperazine rings is 1. The molecule has 1 saturated heterocycles. The summed E-state index contributed by atoms with van der Waals surface area (Å²) in [5.74, 6) is 0.0781. The Bertz CT molecular complexity index is 238. The van der Waals surface area contributed by atoms with Crippen molar-refractivity contribution >= 4 is 11.8 Å². The van der Waals surface area contributed by atoms with E-state index in [-0.39, 0.29) is 29.8 Å². The second-order valence-corrected chi connectivity index (χ2v) is 3.86. The average molecular weight is 184 g/mol. The lowest BCUT2D eigenvalue weighted by atomic mass is 9.99. The van der Waals surface area contributed by atoms with E-state index in [0.29, 0.717) is 0 Å². The maximum absolute atomic E-state index is 11.6. The molecule has 0 saturated carbocycles. The van der Waals surface area contributed by atoms with Crippen LogP contribution < -0.4 is 5.32 Å². The Morgan fingerprint density at radius 2 is 1.92 bits per heavy atom. The van der Waals surface area contributed by atoms with Crippen molar-refractivity contribution in [2.45, 2.75) is 32.9 Å². The number of carbonyl (C=O) groups excluding carboxylic acids is 2. The minimum Gasteiger partial charge on any atom is -0.342 e. The average Bonchev–Trinajstić information content (AvgIpc) is 2.07. The summed E-state index contributed by atoms with van der Waals surface area (Å²) in [7, 11) is 1.67. The van der Waals surface area contributed by atoms with Crippen LogP contribution in [-0.4, -0.2) is 35.8 Å². The van der Waals surface area contributed by atoms with Gasteiger partial charge in [-0.25, -0.2) is 0 Å². The van der Waals surface area contributed by atoms with E-state index in [9.17, 15) is 9.59 Å². The first kappa shape index (κ1) is 10.0. The summed E-state index contributed by atoms with van der Waals surface area (Å²) >= 11 is 0. The van der Waals surface area contributed by atoms with Crippen molar-refractivity contribution in [3.8, 4) is 0 Å². The maximum Gasteiger partial charge on any atom is 0.245 e. The van der Waals surface area contributed by atoms with E-state index in [1.165, 1.54) is 4.90 Å². The Morgan fingerprint density at radius 3 is 2.38 bits per heavy atom. The molecule has 0 aromatic carbocycles. The number of rotatable bonds is 1. The van der Waals surface area contributed by atoms with Crippen molar-refractivity contribution in [3.63, 3.8) is 0 Å². The van der Waals surface area contributed by atoms with Crippen molar-refractivity contribution in [3.05, 3.63) is 0 Å². The highest BCUT2D eigenvalue weighted by atomic mass is 16.2. The molecule has 2 amide bonds. The van der Waals surface area contributed by atoms with Gasteiger partial charge in [-0.2, -0.15) is 0 Å².